The molecule has 2 aromatic carbocycles. The maximum Gasteiger partial charge on any atom is 0.258 e. The first-order valence-corrected chi connectivity index (χ1v) is 6.84. The summed E-state index contributed by atoms with van der Waals surface area (Å²) in [4.78, 5) is 14.1. The molecule has 0 saturated heterocycles. The summed E-state index contributed by atoms with van der Waals surface area (Å²) in [5.74, 6) is -0.111. The second kappa shape index (κ2) is 6.16. The number of rotatable bonds is 3. The Balaban J connectivity index is 2.38. The molecule has 0 saturated carbocycles. The Morgan fingerprint density at radius 2 is 1.80 bits per heavy atom. The highest BCUT2D eigenvalue weighted by atomic mass is 35.5. The lowest BCUT2D eigenvalue weighted by Crippen LogP contribution is -2.30. The van der Waals surface area contributed by atoms with E-state index in [9.17, 15) is 9.90 Å². The fourth-order valence-corrected chi connectivity index (χ4v) is 2.46. The summed E-state index contributed by atoms with van der Waals surface area (Å²) in [7, 11) is 0. The second-order valence-electron chi connectivity index (χ2n) is 4.23. The first kappa shape index (κ1) is 14.7. The molecule has 5 heteroatoms. The smallest absolute Gasteiger partial charge is 0.258 e. The molecule has 0 radical (unpaired) electrons. The van der Waals surface area contributed by atoms with E-state index in [0.29, 0.717) is 27.8 Å². The van der Waals surface area contributed by atoms with Gasteiger partial charge in [0.1, 0.15) is 5.75 Å². The van der Waals surface area contributed by atoms with Crippen LogP contribution in [0.2, 0.25) is 10.0 Å². The minimum atomic E-state index is -0.220. The predicted octanol–water partition coefficient (Wildman–Crippen LogP) is 4.37. The van der Waals surface area contributed by atoms with E-state index in [1.165, 1.54) is 6.07 Å². The van der Waals surface area contributed by atoms with Gasteiger partial charge in [-0.25, -0.2) is 0 Å². The molecule has 0 unspecified atom stereocenters. The van der Waals surface area contributed by atoms with Crippen molar-refractivity contribution in [2.45, 2.75) is 6.92 Å². The van der Waals surface area contributed by atoms with Gasteiger partial charge in [0.25, 0.3) is 5.91 Å². The average Bonchev–Trinajstić information content (AvgIpc) is 2.38. The summed E-state index contributed by atoms with van der Waals surface area (Å²) >= 11 is 11.8. The van der Waals surface area contributed by atoms with Crippen molar-refractivity contribution >= 4 is 34.8 Å². The number of nitrogens with zero attached hydrogens (tertiary/aromatic N) is 1. The van der Waals surface area contributed by atoms with Crippen LogP contribution in [0.1, 0.15) is 17.3 Å². The van der Waals surface area contributed by atoms with Crippen LogP contribution < -0.4 is 4.90 Å². The first-order valence-electron chi connectivity index (χ1n) is 6.08. The number of amides is 1. The van der Waals surface area contributed by atoms with Gasteiger partial charge in [0.05, 0.1) is 0 Å². The number of benzene rings is 2. The zero-order valence-corrected chi connectivity index (χ0v) is 12.3. The number of halogens is 2. The fraction of sp³-hybridized carbons (Fsp3) is 0.133. The number of hydrogen-bond acceptors (Lipinski definition) is 2. The molecule has 0 fully saturated rings. The lowest BCUT2D eigenvalue weighted by molar-refractivity contribution is 0.0988. The van der Waals surface area contributed by atoms with Gasteiger partial charge in [0.2, 0.25) is 0 Å². The van der Waals surface area contributed by atoms with Crippen molar-refractivity contribution in [1.29, 1.82) is 0 Å². The average molecular weight is 310 g/mol. The number of aromatic hydroxyl groups is 1. The van der Waals surface area contributed by atoms with Crippen LogP contribution in [0.4, 0.5) is 5.69 Å². The number of phenols is 1. The van der Waals surface area contributed by atoms with Gasteiger partial charge in [-0.15, -0.1) is 0 Å². The van der Waals surface area contributed by atoms with E-state index in [0.717, 1.165) is 0 Å². The van der Waals surface area contributed by atoms with Gasteiger partial charge in [-0.3, -0.25) is 4.79 Å². The summed E-state index contributed by atoms with van der Waals surface area (Å²) in [6, 6.07) is 11.2. The second-order valence-corrected chi connectivity index (χ2v) is 5.10. The van der Waals surface area contributed by atoms with Crippen molar-refractivity contribution in [3.63, 3.8) is 0 Å². The minimum Gasteiger partial charge on any atom is -0.508 e. The van der Waals surface area contributed by atoms with Crippen LogP contribution in [0.15, 0.2) is 42.5 Å². The van der Waals surface area contributed by atoms with Crippen LogP contribution in [0, 0.1) is 0 Å². The van der Waals surface area contributed by atoms with Crippen molar-refractivity contribution in [1.82, 2.24) is 0 Å². The van der Waals surface area contributed by atoms with Gasteiger partial charge in [-0.2, -0.15) is 0 Å². The molecule has 0 heterocycles. The van der Waals surface area contributed by atoms with Crippen molar-refractivity contribution in [2.75, 3.05) is 11.4 Å². The summed E-state index contributed by atoms with van der Waals surface area (Å²) in [5, 5.41) is 10.3. The van der Waals surface area contributed by atoms with E-state index < -0.39 is 0 Å². The lowest BCUT2D eigenvalue weighted by Gasteiger charge is -2.21. The molecule has 0 atom stereocenters. The molecule has 104 valence electrons. The molecule has 0 aliphatic heterocycles. The minimum absolute atomic E-state index is 0.109. The molecule has 20 heavy (non-hydrogen) atoms. The third-order valence-corrected chi connectivity index (χ3v) is 3.25. The van der Waals surface area contributed by atoms with Crippen LogP contribution in [0.3, 0.4) is 0 Å². The summed E-state index contributed by atoms with van der Waals surface area (Å²) in [5.41, 5.74) is 1.03. The van der Waals surface area contributed by atoms with Crippen molar-refractivity contribution < 1.29 is 9.90 Å². The maximum absolute atomic E-state index is 12.5. The highest BCUT2D eigenvalue weighted by Gasteiger charge is 2.17. The highest BCUT2D eigenvalue weighted by Crippen LogP contribution is 2.24. The van der Waals surface area contributed by atoms with Crippen molar-refractivity contribution in [2.24, 2.45) is 0 Å². The van der Waals surface area contributed by atoms with Gasteiger partial charge < -0.3 is 10.0 Å². The van der Waals surface area contributed by atoms with E-state index in [4.69, 9.17) is 23.2 Å². The zero-order valence-electron chi connectivity index (χ0n) is 10.8. The molecule has 1 amide bonds. The molecule has 1 N–H and O–H groups in total. The van der Waals surface area contributed by atoms with E-state index in [1.54, 1.807) is 41.3 Å². The van der Waals surface area contributed by atoms with Crippen LogP contribution in [0.25, 0.3) is 0 Å². The van der Waals surface area contributed by atoms with Gasteiger partial charge in [-0.05, 0) is 37.3 Å². The molecule has 2 aromatic rings. The van der Waals surface area contributed by atoms with Crippen LogP contribution in [0.5, 0.6) is 5.75 Å². The van der Waals surface area contributed by atoms with Crippen molar-refractivity contribution in [3.05, 3.63) is 58.1 Å². The largest absolute Gasteiger partial charge is 0.508 e. The molecule has 0 bridgehead atoms. The Bertz CT molecular complexity index is 623. The molecule has 0 aromatic heterocycles. The quantitative estimate of drug-likeness (QED) is 0.914. The fourth-order valence-electron chi connectivity index (χ4n) is 1.94. The Morgan fingerprint density at radius 1 is 1.15 bits per heavy atom. The first-order chi connectivity index (χ1) is 9.51. The molecule has 2 rings (SSSR count). The summed E-state index contributed by atoms with van der Waals surface area (Å²) in [6.45, 7) is 2.32. The van der Waals surface area contributed by atoms with E-state index in [1.807, 2.05) is 6.92 Å². The Kier molecular flexibility index (Phi) is 4.53. The third kappa shape index (κ3) is 3.24. The molecule has 0 aliphatic carbocycles. The van der Waals surface area contributed by atoms with Crippen LogP contribution >= 0.6 is 23.2 Å². The van der Waals surface area contributed by atoms with Crippen LogP contribution in [-0.4, -0.2) is 17.6 Å². The monoisotopic (exact) mass is 309 g/mol. The van der Waals surface area contributed by atoms with Gasteiger partial charge in [0.15, 0.2) is 0 Å². The van der Waals surface area contributed by atoms with E-state index in [2.05, 4.69) is 0 Å². The Hall–Kier alpha value is -1.71. The molecular formula is C15H13Cl2NO2. The highest BCUT2D eigenvalue weighted by molar-refractivity contribution is 6.35. The maximum atomic E-state index is 12.5. The van der Waals surface area contributed by atoms with E-state index >= 15 is 0 Å². The number of anilines is 1. The molecular weight excluding hydrogens is 297 g/mol. The number of phenolic OH excluding ortho intramolecular Hbond substituents is 1. The topological polar surface area (TPSA) is 40.5 Å². The number of carbonyl (C=O) groups excluding carboxylic acids is 1. The Morgan fingerprint density at radius 3 is 2.35 bits per heavy atom. The predicted molar refractivity (Wildman–Crippen MR) is 81.9 cm³/mol. The summed E-state index contributed by atoms with van der Waals surface area (Å²) < 4.78 is 0. The summed E-state index contributed by atoms with van der Waals surface area (Å²) in [6.07, 6.45) is 0. The van der Waals surface area contributed by atoms with Gasteiger partial charge in [0, 0.05) is 33.9 Å². The van der Waals surface area contributed by atoms with Crippen molar-refractivity contribution in [3.8, 4) is 5.75 Å². The standard InChI is InChI=1S/C15H13Cl2NO2/c1-2-18(13-4-3-5-14(19)9-13)15(20)10-6-11(16)8-12(17)7-10/h3-9,19H,2H2,1H3. The molecule has 0 aliphatic rings. The number of hydrogen-bond donors (Lipinski definition) is 1. The SMILES string of the molecule is CCN(C(=O)c1cc(Cl)cc(Cl)c1)c1cccc(O)c1. The van der Waals surface area contributed by atoms with Gasteiger partial charge >= 0.3 is 0 Å². The van der Waals surface area contributed by atoms with Gasteiger partial charge in [-0.1, -0.05) is 29.3 Å². The number of carbonyl (C=O) groups is 1. The zero-order chi connectivity index (χ0) is 14.7. The van der Waals surface area contributed by atoms with Crippen LogP contribution in [-0.2, 0) is 0 Å². The molecule has 3 nitrogen and oxygen atoms in total. The Labute approximate surface area is 127 Å². The third-order valence-electron chi connectivity index (χ3n) is 2.81. The normalized spacial score (nSPS) is 10.3. The lowest BCUT2D eigenvalue weighted by atomic mass is 10.1. The molecule has 0 spiro atoms. The van der Waals surface area contributed by atoms with E-state index in [-0.39, 0.29) is 11.7 Å².